The summed E-state index contributed by atoms with van der Waals surface area (Å²) >= 11 is 0. The topological polar surface area (TPSA) is 101 Å². The van der Waals surface area contributed by atoms with Crippen LogP contribution in [0.25, 0.3) is 0 Å². The van der Waals surface area contributed by atoms with E-state index in [4.69, 9.17) is 0 Å². The molecule has 2 rings (SSSR count). The number of rotatable bonds is 6. The molecule has 122 valence electrons. The smallest absolute Gasteiger partial charge is 0.316 e. The lowest BCUT2D eigenvalue weighted by atomic mass is 9.96. The number of halogens is 1. The Bertz CT molecular complexity index is 645. The normalized spacial score (nSPS) is 19.0. The van der Waals surface area contributed by atoms with Crippen molar-refractivity contribution in [1.29, 1.82) is 0 Å². The molecule has 1 fully saturated rings. The van der Waals surface area contributed by atoms with Crippen LogP contribution in [0.5, 0.6) is 0 Å². The average molecular weight is 331 g/mol. The maximum absolute atomic E-state index is 13.5. The van der Waals surface area contributed by atoms with E-state index in [1.165, 1.54) is 0 Å². The third kappa shape index (κ3) is 3.99. The zero-order valence-electron chi connectivity index (χ0n) is 11.9. The van der Waals surface area contributed by atoms with E-state index in [-0.39, 0.29) is 6.54 Å². The minimum Gasteiger partial charge on any atom is -0.316 e. The van der Waals surface area contributed by atoms with Crippen LogP contribution in [0.2, 0.25) is 0 Å². The lowest BCUT2D eigenvalue weighted by Crippen LogP contribution is -2.33. The van der Waals surface area contributed by atoms with Gasteiger partial charge in [0.05, 0.1) is 4.92 Å². The van der Waals surface area contributed by atoms with Gasteiger partial charge in [-0.2, -0.15) is 4.39 Å². The van der Waals surface area contributed by atoms with Crippen LogP contribution >= 0.6 is 0 Å². The summed E-state index contributed by atoms with van der Waals surface area (Å²) in [6, 6.07) is 3.04. The summed E-state index contributed by atoms with van der Waals surface area (Å²) in [5.41, 5.74) is -1.02. The van der Waals surface area contributed by atoms with Crippen LogP contribution in [0, 0.1) is 21.8 Å². The van der Waals surface area contributed by atoms with Gasteiger partial charge in [0.1, 0.15) is 0 Å². The molecule has 1 heterocycles. The maximum atomic E-state index is 13.5. The highest BCUT2D eigenvalue weighted by Gasteiger charge is 2.29. The first-order valence-corrected chi connectivity index (χ1v) is 8.53. The fraction of sp³-hybridized carbons (Fsp3) is 0.538. The minimum atomic E-state index is -4.11. The van der Waals surface area contributed by atoms with Crippen molar-refractivity contribution >= 4 is 15.7 Å². The molecule has 0 aliphatic carbocycles. The summed E-state index contributed by atoms with van der Waals surface area (Å²) in [6.45, 7) is 1.97. The molecule has 0 radical (unpaired) electrons. The molecule has 0 aromatic heterocycles. The van der Waals surface area contributed by atoms with E-state index in [2.05, 4.69) is 10.0 Å². The van der Waals surface area contributed by atoms with Crippen LogP contribution in [0.3, 0.4) is 0 Å². The number of nitrogens with one attached hydrogen (secondary N) is 2. The van der Waals surface area contributed by atoms with Crippen molar-refractivity contribution in [2.24, 2.45) is 5.92 Å². The summed E-state index contributed by atoms with van der Waals surface area (Å²) in [4.78, 5) is 9.22. The zero-order valence-corrected chi connectivity index (χ0v) is 12.7. The van der Waals surface area contributed by atoms with Crippen molar-refractivity contribution in [1.82, 2.24) is 10.0 Å². The molecule has 0 spiro atoms. The second-order valence-electron chi connectivity index (χ2n) is 5.24. The highest BCUT2D eigenvalue weighted by atomic mass is 32.2. The van der Waals surface area contributed by atoms with Crippen LogP contribution < -0.4 is 10.0 Å². The predicted octanol–water partition coefficient (Wildman–Crippen LogP) is 1.40. The Hall–Kier alpha value is -1.58. The van der Waals surface area contributed by atoms with Crippen molar-refractivity contribution < 1.29 is 17.7 Å². The molecule has 1 aliphatic rings. The van der Waals surface area contributed by atoms with Gasteiger partial charge in [-0.1, -0.05) is 6.07 Å². The molecule has 9 heteroatoms. The van der Waals surface area contributed by atoms with Gasteiger partial charge in [0.2, 0.25) is 15.8 Å². The molecular formula is C13H18FN3O4S. The van der Waals surface area contributed by atoms with Crippen LogP contribution in [-0.2, 0) is 10.0 Å². The predicted molar refractivity (Wildman–Crippen MR) is 78.5 cm³/mol. The number of nitrogens with zero attached hydrogens (tertiary/aromatic N) is 1. The van der Waals surface area contributed by atoms with Gasteiger partial charge in [-0.15, -0.1) is 0 Å². The summed E-state index contributed by atoms with van der Waals surface area (Å²) < 4.78 is 40.1. The molecule has 0 bridgehead atoms. The molecule has 0 saturated carbocycles. The van der Waals surface area contributed by atoms with Gasteiger partial charge in [-0.25, -0.2) is 13.1 Å². The van der Waals surface area contributed by atoms with Crippen molar-refractivity contribution in [3.8, 4) is 0 Å². The SMILES string of the molecule is O=[N+]([O-])c1c(F)cccc1S(=O)(=O)NCCC1CCCNC1. The molecule has 1 atom stereocenters. The summed E-state index contributed by atoms with van der Waals surface area (Å²) in [6.07, 6.45) is 2.71. The molecule has 7 nitrogen and oxygen atoms in total. The van der Waals surface area contributed by atoms with Crippen molar-refractivity contribution in [3.05, 3.63) is 34.1 Å². The van der Waals surface area contributed by atoms with E-state index in [0.29, 0.717) is 12.3 Å². The molecule has 1 aliphatic heterocycles. The zero-order chi connectivity index (χ0) is 16.2. The minimum absolute atomic E-state index is 0.169. The standard InChI is InChI=1S/C13H18FN3O4S/c14-11-4-1-5-12(13(11)17(18)19)22(20,21)16-8-6-10-3-2-7-15-9-10/h1,4-5,10,15-16H,2-3,6-9H2. The van der Waals surface area contributed by atoms with Gasteiger partial charge < -0.3 is 5.32 Å². The molecule has 1 unspecified atom stereocenters. The fourth-order valence-corrected chi connectivity index (χ4v) is 3.76. The lowest BCUT2D eigenvalue weighted by molar-refractivity contribution is -0.390. The number of hydrogen-bond donors (Lipinski definition) is 2. The Kier molecular flexibility index (Phi) is 5.43. The Labute approximate surface area is 128 Å². The van der Waals surface area contributed by atoms with Gasteiger partial charge in [0.25, 0.3) is 0 Å². The van der Waals surface area contributed by atoms with Gasteiger partial charge >= 0.3 is 5.69 Å². The van der Waals surface area contributed by atoms with E-state index in [1.807, 2.05) is 0 Å². The summed E-state index contributed by atoms with van der Waals surface area (Å²) in [7, 11) is -4.11. The third-order valence-electron chi connectivity index (χ3n) is 3.67. The van der Waals surface area contributed by atoms with Crippen molar-refractivity contribution in [2.45, 2.75) is 24.2 Å². The first kappa shape index (κ1) is 16.8. The van der Waals surface area contributed by atoms with Gasteiger partial charge in [-0.3, -0.25) is 10.1 Å². The second kappa shape index (κ2) is 7.12. The van der Waals surface area contributed by atoms with E-state index in [1.54, 1.807) is 0 Å². The van der Waals surface area contributed by atoms with Crippen LogP contribution in [0.4, 0.5) is 10.1 Å². The van der Waals surface area contributed by atoms with Crippen LogP contribution in [-0.4, -0.2) is 33.0 Å². The molecule has 22 heavy (non-hydrogen) atoms. The third-order valence-corrected chi connectivity index (χ3v) is 5.16. The number of nitro groups is 1. The Morgan fingerprint density at radius 1 is 1.45 bits per heavy atom. The highest BCUT2D eigenvalue weighted by molar-refractivity contribution is 7.89. The van der Waals surface area contributed by atoms with Crippen LogP contribution in [0.15, 0.2) is 23.1 Å². The first-order valence-electron chi connectivity index (χ1n) is 7.05. The molecule has 1 aromatic rings. The van der Waals surface area contributed by atoms with Crippen molar-refractivity contribution in [2.75, 3.05) is 19.6 Å². The largest absolute Gasteiger partial charge is 0.324 e. The van der Waals surface area contributed by atoms with E-state index < -0.39 is 31.3 Å². The van der Waals surface area contributed by atoms with Crippen LogP contribution in [0.1, 0.15) is 19.3 Å². The summed E-state index contributed by atoms with van der Waals surface area (Å²) in [5, 5.41) is 14.1. The number of hydrogen-bond acceptors (Lipinski definition) is 5. The Morgan fingerprint density at radius 3 is 2.86 bits per heavy atom. The van der Waals surface area contributed by atoms with E-state index >= 15 is 0 Å². The van der Waals surface area contributed by atoms with E-state index in [0.717, 1.165) is 44.1 Å². The average Bonchev–Trinajstić information content (AvgIpc) is 2.47. The second-order valence-corrected chi connectivity index (χ2v) is 6.98. The molecule has 1 saturated heterocycles. The van der Waals surface area contributed by atoms with Gasteiger partial charge in [-0.05, 0) is 50.4 Å². The van der Waals surface area contributed by atoms with Gasteiger partial charge in [0, 0.05) is 6.54 Å². The number of benzene rings is 1. The van der Waals surface area contributed by atoms with E-state index in [9.17, 15) is 22.9 Å². The highest BCUT2D eigenvalue weighted by Crippen LogP contribution is 2.26. The van der Waals surface area contributed by atoms with Gasteiger partial charge in [0.15, 0.2) is 4.90 Å². The number of piperidine rings is 1. The quantitative estimate of drug-likeness (QED) is 0.606. The molecule has 0 amide bonds. The monoisotopic (exact) mass is 331 g/mol. The maximum Gasteiger partial charge on any atom is 0.324 e. The lowest BCUT2D eigenvalue weighted by Gasteiger charge is -2.22. The molecule has 2 N–H and O–H groups in total. The number of sulfonamides is 1. The number of para-hydroxylation sites is 1. The fourth-order valence-electron chi connectivity index (χ4n) is 2.54. The van der Waals surface area contributed by atoms with Crippen molar-refractivity contribution in [3.63, 3.8) is 0 Å². The molecular weight excluding hydrogens is 313 g/mol. The Morgan fingerprint density at radius 2 is 2.23 bits per heavy atom. The Balaban J connectivity index is 2.07. The summed E-state index contributed by atoms with van der Waals surface area (Å²) in [5.74, 6) is -0.789. The molecule has 1 aromatic carbocycles. The first-order chi connectivity index (χ1) is 10.4. The number of nitro benzene ring substituents is 1.